The van der Waals surface area contributed by atoms with E-state index in [4.69, 9.17) is 9.47 Å². The Morgan fingerprint density at radius 1 is 0.722 bits per heavy atom. The summed E-state index contributed by atoms with van der Waals surface area (Å²) in [6, 6.07) is 11.4. The van der Waals surface area contributed by atoms with Crippen molar-refractivity contribution in [3.8, 4) is 0 Å². The molecule has 3 aliphatic rings. The van der Waals surface area contributed by atoms with E-state index < -0.39 is 34.3 Å². The number of piperazine rings is 1. The van der Waals surface area contributed by atoms with Crippen molar-refractivity contribution < 1.29 is 28.9 Å². The van der Waals surface area contributed by atoms with Crippen molar-refractivity contribution in [2.45, 2.75) is 50.3 Å². The summed E-state index contributed by atoms with van der Waals surface area (Å²) in [5.41, 5.74) is 1.36. The predicted octanol–water partition coefficient (Wildman–Crippen LogP) is 2.53. The Balaban J connectivity index is 1.18. The fraction of sp³-hybridized carbons (Fsp3) is 0.417. The minimum absolute atomic E-state index is 0.0269. The molecule has 3 aliphatic heterocycles. The van der Waals surface area contributed by atoms with Crippen molar-refractivity contribution in [3.63, 3.8) is 0 Å². The molecule has 2 amide bonds. The second kappa shape index (κ2) is 8.95. The normalized spacial score (nSPS) is 28.9. The second-order valence-corrected chi connectivity index (χ2v) is 9.33. The summed E-state index contributed by atoms with van der Waals surface area (Å²) >= 11 is 0. The number of nitrogens with zero attached hydrogens (tertiary/aromatic N) is 4. The molecule has 6 atom stereocenters. The first-order valence-electron chi connectivity index (χ1n) is 11.6. The van der Waals surface area contributed by atoms with Crippen molar-refractivity contribution in [1.29, 1.82) is 0 Å². The van der Waals surface area contributed by atoms with E-state index in [-0.39, 0.29) is 35.3 Å². The van der Waals surface area contributed by atoms with Gasteiger partial charge in [0, 0.05) is 49.4 Å². The predicted molar refractivity (Wildman–Crippen MR) is 124 cm³/mol. The Bertz CT molecular complexity index is 1120. The lowest BCUT2D eigenvalue weighted by Gasteiger charge is -2.44. The van der Waals surface area contributed by atoms with Gasteiger partial charge in [0.25, 0.3) is 23.2 Å². The van der Waals surface area contributed by atoms with E-state index in [1.54, 1.807) is 34.1 Å². The Morgan fingerprint density at radius 3 is 1.36 bits per heavy atom. The number of hydrogen-bond acceptors (Lipinski definition) is 8. The molecule has 12 nitrogen and oxygen atoms in total. The monoisotopic (exact) mass is 496 g/mol. The van der Waals surface area contributed by atoms with Crippen LogP contribution in [0.1, 0.15) is 37.2 Å². The molecule has 3 heterocycles. The molecule has 2 aromatic rings. The van der Waals surface area contributed by atoms with Crippen LogP contribution in [0.15, 0.2) is 48.5 Å². The van der Waals surface area contributed by atoms with Crippen molar-refractivity contribution in [2.24, 2.45) is 0 Å². The SMILES string of the molecule is C[C@H]1CN(C(=O)[C@H]2O[C@@H]2c2ccc([N+](=O)[O-])cc2)[C@@H](C)CN1C(=O)[C@H]1O[C@@H]1c1ccc([N+](=O)[O-])cc1. The molecule has 0 N–H and O–H groups in total. The van der Waals surface area contributed by atoms with E-state index >= 15 is 0 Å². The van der Waals surface area contributed by atoms with Gasteiger partial charge in [-0.3, -0.25) is 29.8 Å². The number of benzene rings is 2. The lowest BCUT2D eigenvalue weighted by molar-refractivity contribution is -0.385. The summed E-state index contributed by atoms with van der Waals surface area (Å²) in [6.45, 7) is 4.42. The van der Waals surface area contributed by atoms with E-state index in [0.717, 1.165) is 0 Å². The lowest BCUT2D eigenvalue weighted by Crippen LogP contribution is -2.61. The number of nitro benzene ring substituents is 2. The number of nitro groups is 2. The fourth-order valence-corrected chi connectivity index (χ4v) is 4.75. The molecule has 0 spiro atoms. The minimum Gasteiger partial charge on any atom is -0.354 e. The molecule has 0 aliphatic carbocycles. The van der Waals surface area contributed by atoms with Crippen molar-refractivity contribution in [1.82, 2.24) is 9.80 Å². The molecule has 0 aromatic heterocycles. The van der Waals surface area contributed by atoms with Crippen LogP contribution in [0.4, 0.5) is 11.4 Å². The van der Waals surface area contributed by atoms with Gasteiger partial charge in [0.1, 0.15) is 12.2 Å². The van der Waals surface area contributed by atoms with Crippen LogP contribution in [0.2, 0.25) is 0 Å². The topological polar surface area (TPSA) is 152 Å². The van der Waals surface area contributed by atoms with Crippen LogP contribution in [0.3, 0.4) is 0 Å². The largest absolute Gasteiger partial charge is 0.354 e. The van der Waals surface area contributed by atoms with Gasteiger partial charge < -0.3 is 19.3 Å². The van der Waals surface area contributed by atoms with Crippen molar-refractivity contribution >= 4 is 23.2 Å². The lowest BCUT2D eigenvalue weighted by atomic mass is 10.0. The highest BCUT2D eigenvalue weighted by atomic mass is 16.6. The molecule has 0 saturated carbocycles. The number of rotatable bonds is 6. The standard InChI is InChI=1S/C24H24N4O8/c1-13-11-26(24(30)22-20(36-22)16-5-9-18(10-6-16)28(33)34)14(2)12-25(13)23(29)21-19(35-21)15-3-7-17(8-4-15)27(31)32/h3-10,13-14,19-22H,11-12H2,1-2H3/t13-,14-,19+,20+,21-,22-/m0/s1. The zero-order valence-corrected chi connectivity index (χ0v) is 19.6. The first-order valence-corrected chi connectivity index (χ1v) is 11.6. The number of carbonyl (C=O) groups is 2. The zero-order chi connectivity index (χ0) is 25.7. The van der Waals surface area contributed by atoms with Gasteiger partial charge >= 0.3 is 0 Å². The highest BCUT2D eigenvalue weighted by Crippen LogP contribution is 2.42. The Hall–Kier alpha value is -3.90. The van der Waals surface area contributed by atoms with E-state index in [9.17, 15) is 29.8 Å². The van der Waals surface area contributed by atoms with Crippen LogP contribution in [0.5, 0.6) is 0 Å². The maximum Gasteiger partial charge on any atom is 0.269 e. The van der Waals surface area contributed by atoms with Crippen molar-refractivity contribution in [3.05, 3.63) is 79.9 Å². The minimum atomic E-state index is -0.651. The molecule has 3 saturated heterocycles. The summed E-state index contributed by atoms with van der Waals surface area (Å²) in [4.78, 5) is 50.4. The van der Waals surface area contributed by atoms with Crippen molar-refractivity contribution in [2.75, 3.05) is 13.1 Å². The Labute approximate surface area is 205 Å². The first kappa shape index (κ1) is 23.8. The highest BCUT2D eigenvalue weighted by molar-refractivity contribution is 5.87. The van der Waals surface area contributed by atoms with E-state index in [0.29, 0.717) is 24.2 Å². The Morgan fingerprint density at radius 2 is 1.06 bits per heavy atom. The van der Waals surface area contributed by atoms with Crippen LogP contribution in [0, 0.1) is 20.2 Å². The number of carbonyl (C=O) groups excluding carboxylic acids is 2. The average molecular weight is 496 g/mol. The van der Waals surface area contributed by atoms with Gasteiger partial charge in [-0.1, -0.05) is 0 Å². The Kier molecular flexibility index (Phi) is 5.92. The number of amides is 2. The van der Waals surface area contributed by atoms with Gasteiger partial charge in [-0.05, 0) is 49.2 Å². The number of hydrogen-bond donors (Lipinski definition) is 0. The summed E-state index contributed by atoms with van der Waals surface area (Å²) < 4.78 is 11.2. The number of non-ortho nitro benzene ring substituents is 2. The summed E-state index contributed by atoms with van der Waals surface area (Å²) in [7, 11) is 0. The molecule has 12 heteroatoms. The van der Waals surface area contributed by atoms with Crippen LogP contribution < -0.4 is 0 Å². The van der Waals surface area contributed by atoms with Gasteiger partial charge in [0.05, 0.1) is 9.85 Å². The molecule has 5 rings (SSSR count). The third-order valence-electron chi connectivity index (χ3n) is 6.89. The maximum atomic E-state index is 13.1. The maximum absolute atomic E-state index is 13.1. The van der Waals surface area contributed by atoms with Gasteiger partial charge in [-0.15, -0.1) is 0 Å². The third kappa shape index (κ3) is 4.40. The van der Waals surface area contributed by atoms with Gasteiger partial charge in [-0.2, -0.15) is 0 Å². The molecule has 3 fully saturated rings. The zero-order valence-electron chi connectivity index (χ0n) is 19.6. The summed E-state index contributed by atoms with van der Waals surface area (Å²) in [5.74, 6) is -0.340. The molecule has 0 unspecified atom stereocenters. The molecule has 2 aromatic carbocycles. The summed E-state index contributed by atoms with van der Waals surface area (Å²) in [5, 5.41) is 21.7. The van der Waals surface area contributed by atoms with Crippen LogP contribution in [-0.4, -0.2) is 68.8 Å². The molecule has 188 valence electrons. The first-order chi connectivity index (χ1) is 17.2. The number of ether oxygens (including phenoxy) is 2. The van der Waals surface area contributed by atoms with E-state index in [1.807, 2.05) is 13.8 Å². The summed E-state index contributed by atoms with van der Waals surface area (Å²) in [6.07, 6.45) is -2.19. The van der Waals surface area contributed by atoms with Crippen LogP contribution in [-0.2, 0) is 19.1 Å². The molecular formula is C24H24N4O8. The highest BCUT2D eigenvalue weighted by Gasteiger charge is 2.52. The average Bonchev–Trinajstić information content (AvgIpc) is 3.78. The van der Waals surface area contributed by atoms with E-state index in [2.05, 4.69) is 0 Å². The van der Waals surface area contributed by atoms with Gasteiger partial charge in [0.2, 0.25) is 0 Å². The van der Waals surface area contributed by atoms with Crippen LogP contribution in [0.25, 0.3) is 0 Å². The quantitative estimate of drug-likeness (QED) is 0.336. The van der Waals surface area contributed by atoms with Gasteiger partial charge in [-0.25, -0.2) is 0 Å². The molecule has 36 heavy (non-hydrogen) atoms. The smallest absolute Gasteiger partial charge is 0.269 e. The van der Waals surface area contributed by atoms with Gasteiger partial charge in [0.15, 0.2) is 12.2 Å². The number of epoxide rings is 2. The molecule has 0 bridgehead atoms. The van der Waals surface area contributed by atoms with Crippen LogP contribution >= 0.6 is 0 Å². The third-order valence-corrected chi connectivity index (χ3v) is 6.89. The fourth-order valence-electron chi connectivity index (χ4n) is 4.75. The second-order valence-electron chi connectivity index (χ2n) is 9.33. The van der Waals surface area contributed by atoms with E-state index in [1.165, 1.54) is 24.3 Å². The molecule has 0 radical (unpaired) electrons. The molecular weight excluding hydrogens is 472 g/mol.